The Morgan fingerprint density at radius 1 is 1.24 bits per heavy atom. The average molecular weight is 233 g/mol. The third-order valence-electron chi connectivity index (χ3n) is 3.67. The molecule has 17 heavy (non-hydrogen) atoms. The van der Waals surface area contributed by atoms with E-state index in [0.717, 1.165) is 11.5 Å². The second-order valence-corrected chi connectivity index (χ2v) is 5.56. The van der Waals surface area contributed by atoms with Crippen molar-refractivity contribution in [3.8, 4) is 0 Å². The van der Waals surface area contributed by atoms with Gasteiger partial charge in [0, 0.05) is 12.6 Å². The zero-order valence-corrected chi connectivity index (χ0v) is 11.0. The summed E-state index contributed by atoms with van der Waals surface area (Å²) in [6, 6.07) is 8.93. The van der Waals surface area contributed by atoms with Crippen LogP contribution in [0.4, 0.5) is 0 Å². The molecule has 1 aromatic rings. The molecular formula is C15H23NO. The molecule has 1 aromatic carbocycles. The molecule has 0 saturated heterocycles. The van der Waals surface area contributed by atoms with Gasteiger partial charge in [-0.15, -0.1) is 0 Å². The summed E-state index contributed by atoms with van der Waals surface area (Å²) in [5, 5.41) is 13.4. The van der Waals surface area contributed by atoms with E-state index in [2.05, 4.69) is 38.2 Å². The summed E-state index contributed by atoms with van der Waals surface area (Å²) in [6.45, 7) is 7.26. The van der Waals surface area contributed by atoms with Gasteiger partial charge in [0.15, 0.2) is 0 Å². The number of rotatable bonds is 5. The van der Waals surface area contributed by atoms with E-state index in [1.807, 2.05) is 12.1 Å². The van der Waals surface area contributed by atoms with Crippen molar-refractivity contribution in [2.24, 2.45) is 5.92 Å². The van der Waals surface area contributed by atoms with E-state index in [4.69, 9.17) is 0 Å². The summed E-state index contributed by atoms with van der Waals surface area (Å²) in [5.74, 6) is 1.33. The molecule has 3 atom stereocenters. The molecule has 3 unspecified atom stereocenters. The van der Waals surface area contributed by atoms with Crippen LogP contribution in [0.15, 0.2) is 24.3 Å². The average Bonchev–Trinajstić information content (AvgIpc) is 3.02. The maximum absolute atomic E-state index is 10.1. The molecule has 1 aliphatic rings. The van der Waals surface area contributed by atoms with E-state index in [9.17, 15) is 5.11 Å². The Balaban J connectivity index is 1.87. The van der Waals surface area contributed by atoms with Gasteiger partial charge in [-0.05, 0) is 29.4 Å². The van der Waals surface area contributed by atoms with Crippen LogP contribution in [-0.2, 0) is 0 Å². The van der Waals surface area contributed by atoms with Gasteiger partial charge < -0.3 is 10.4 Å². The Morgan fingerprint density at radius 2 is 1.76 bits per heavy atom. The number of nitrogens with one attached hydrogen (secondary N) is 1. The first-order valence-corrected chi connectivity index (χ1v) is 6.59. The summed E-state index contributed by atoms with van der Waals surface area (Å²) < 4.78 is 0. The summed E-state index contributed by atoms with van der Waals surface area (Å²) in [7, 11) is 0. The van der Waals surface area contributed by atoms with Crippen molar-refractivity contribution in [2.45, 2.75) is 45.3 Å². The van der Waals surface area contributed by atoms with Crippen LogP contribution in [0.25, 0.3) is 0 Å². The van der Waals surface area contributed by atoms with E-state index >= 15 is 0 Å². The minimum atomic E-state index is -0.385. The highest BCUT2D eigenvalue weighted by molar-refractivity contribution is 5.26. The van der Waals surface area contributed by atoms with E-state index in [0.29, 0.717) is 18.5 Å². The molecule has 0 radical (unpaired) electrons. The van der Waals surface area contributed by atoms with E-state index in [1.165, 1.54) is 12.0 Å². The summed E-state index contributed by atoms with van der Waals surface area (Å²) >= 11 is 0. The monoisotopic (exact) mass is 233 g/mol. The van der Waals surface area contributed by atoms with Crippen LogP contribution in [0, 0.1) is 5.92 Å². The molecule has 1 fully saturated rings. The largest absolute Gasteiger partial charge is 0.387 e. The molecule has 1 saturated carbocycles. The molecule has 0 heterocycles. The lowest BCUT2D eigenvalue weighted by molar-refractivity contribution is 0.173. The minimum absolute atomic E-state index is 0.385. The van der Waals surface area contributed by atoms with E-state index in [1.54, 1.807) is 0 Å². The van der Waals surface area contributed by atoms with E-state index in [-0.39, 0.29) is 6.10 Å². The number of hydrogen-bond donors (Lipinski definition) is 2. The smallest absolute Gasteiger partial charge is 0.0914 e. The van der Waals surface area contributed by atoms with Gasteiger partial charge in [-0.3, -0.25) is 0 Å². The highest BCUT2D eigenvalue weighted by Crippen LogP contribution is 2.29. The molecular weight excluding hydrogens is 210 g/mol. The fourth-order valence-corrected chi connectivity index (χ4v) is 2.09. The van der Waals surface area contributed by atoms with Crippen molar-refractivity contribution in [1.82, 2.24) is 5.32 Å². The number of aliphatic hydroxyl groups is 1. The van der Waals surface area contributed by atoms with Crippen LogP contribution in [-0.4, -0.2) is 17.7 Å². The fourth-order valence-electron chi connectivity index (χ4n) is 2.09. The third kappa shape index (κ3) is 3.30. The van der Waals surface area contributed by atoms with Gasteiger partial charge in [0.2, 0.25) is 0 Å². The van der Waals surface area contributed by atoms with Crippen molar-refractivity contribution < 1.29 is 5.11 Å². The molecule has 0 aliphatic heterocycles. The Labute approximate surface area is 104 Å². The second-order valence-electron chi connectivity index (χ2n) is 5.56. The normalized spacial score (nSPS) is 25.0. The lowest BCUT2D eigenvalue weighted by atomic mass is 10.00. The topological polar surface area (TPSA) is 32.3 Å². The maximum Gasteiger partial charge on any atom is 0.0914 e. The first-order valence-electron chi connectivity index (χ1n) is 6.59. The zero-order valence-electron chi connectivity index (χ0n) is 11.0. The molecule has 2 N–H and O–H groups in total. The van der Waals surface area contributed by atoms with Gasteiger partial charge >= 0.3 is 0 Å². The Bertz CT molecular complexity index is 358. The molecule has 2 nitrogen and oxygen atoms in total. The molecule has 0 aromatic heterocycles. The molecule has 2 heteroatoms. The molecule has 0 spiro atoms. The Morgan fingerprint density at radius 3 is 2.24 bits per heavy atom. The second kappa shape index (κ2) is 5.19. The SMILES string of the molecule is CC(C)c1ccc(C(O)CNC2CC2C)cc1. The van der Waals surface area contributed by atoms with Gasteiger partial charge in [-0.2, -0.15) is 0 Å². The lowest BCUT2D eigenvalue weighted by Gasteiger charge is -2.13. The van der Waals surface area contributed by atoms with Crippen LogP contribution in [0.1, 0.15) is 50.3 Å². The standard InChI is InChI=1S/C15H23NO/c1-10(2)12-4-6-13(7-5-12)15(17)9-16-14-8-11(14)3/h4-7,10-11,14-17H,8-9H2,1-3H3. The fraction of sp³-hybridized carbons (Fsp3) is 0.600. The van der Waals surface area contributed by atoms with Crippen molar-refractivity contribution in [2.75, 3.05) is 6.54 Å². The minimum Gasteiger partial charge on any atom is -0.387 e. The van der Waals surface area contributed by atoms with Crippen LogP contribution in [0.5, 0.6) is 0 Å². The summed E-state index contributed by atoms with van der Waals surface area (Å²) in [6.07, 6.45) is 0.864. The van der Waals surface area contributed by atoms with Gasteiger partial charge in [0.05, 0.1) is 6.10 Å². The van der Waals surface area contributed by atoms with Gasteiger partial charge in [-0.25, -0.2) is 0 Å². The van der Waals surface area contributed by atoms with Crippen molar-refractivity contribution >= 4 is 0 Å². The Kier molecular flexibility index (Phi) is 3.85. The van der Waals surface area contributed by atoms with Crippen molar-refractivity contribution in [3.63, 3.8) is 0 Å². The number of benzene rings is 1. The first-order chi connectivity index (χ1) is 8.08. The highest BCUT2D eigenvalue weighted by Gasteiger charge is 2.32. The number of aliphatic hydroxyl groups excluding tert-OH is 1. The first kappa shape index (κ1) is 12.6. The molecule has 0 amide bonds. The van der Waals surface area contributed by atoms with Crippen LogP contribution in [0.2, 0.25) is 0 Å². The van der Waals surface area contributed by atoms with E-state index < -0.39 is 0 Å². The molecule has 94 valence electrons. The quantitative estimate of drug-likeness (QED) is 0.819. The van der Waals surface area contributed by atoms with Gasteiger partial charge in [0.1, 0.15) is 0 Å². The van der Waals surface area contributed by atoms with Crippen molar-refractivity contribution in [1.29, 1.82) is 0 Å². The van der Waals surface area contributed by atoms with Gasteiger partial charge in [-0.1, -0.05) is 45.0 Å². The molecule has 1 aliphatic carbocycles. The highest BCUT2D eigenvalue weighted by atomic mass is 16.3. The zero-order chi connectivity index (χ0) is 12.4. The Hall–Kier alpha value is -0.860. The molecule has 0 bridgehead atoms. The third-order valence-corrected chi connectivity index (χ3v) is 3.67. The van der Waals surface area contributed by atoms with Crippen LogP contribution in [0.3, 0.4) is 0 Å². The lowest BCUT2D eigenvalue weighted by Crippen LogP contribution is -2.24. The van der Waals surface area contributed by atoms with Crippen LogP contribution < -0.4 is 5.32 Å². The number of hydrogen-bond acceptors (Lipinski definition) is 2. The predicted octanol–water partition coefficient (Wildman–Crippen LogP) is 2.84. The summed E-state index contributed by atoms with van der Waals surface area (Å²) in [4.78, 5) is 0. The van der Waals surface area contributed by atoms with Crippen molar-refractivity contribution in [3.05, 3.63) is 35.4 Å². The maximum atomic E-state index is 10.1. The molecule has 2 rings (SSSR count). The predicted molar refractivity (Wildman–Crippen MR) is 71.1 cm³/mol. The van der Waals surface area contributed by atoms with Gasteiger partial charge in [0.25, 0.3) is 0 Å². The summed E-state index contributed by atoms with van der Waals surface area (Å²) in [5.41, 5.74) is 2.33. The van der Waals surface area contributed by atoms with Crippen LogP contribution >= 0.6 is 0 Å².